The Morgan fingerprint density at radius 2 is 1.91 bits per heavy atom. The van der Waals surface area contributed by atoms with Crippen LogP contribution in [0.25, 0.3) is 0 Å². The van der Waals surface area contributed by atoms with Gasteiger partial charge in [-0.15, -0.1) is 0 Å². The van der Waals surface area contributed by atoms with Crippen molar-refractivity contribution in [2.24, 2.45) is 0 Å². The molecule has 4 nitrogen and oxygen atoms in total. The van der Waals surface area contributed by atoms with Gasteiger partial charge in [-0.2, -0.15) is 0 Å². The van der Waals surface area contributed by atoms with E-state index in [-0.39, 0.29) is 17.4 Å². The van der Waals surface area contributed by atoms with Crippen LogP contribution in [-0.2, 0) is 4.79 Å². The van der Waals surface area contributed by atoms with Crippen LogP contribution in [0.4, 0.5) is 4.39 Å². The SMILES string of the molecule is Cc1cccc(F)c1C(=O)N1CCCC12CCCN(C)C2=O. The highest BCUT2D eigenvalue weighted by molar-refractivity contribution is 6.01. The first kappa shape index (κ1) is 15.0. The van der Waals surface area contributed by atoms with Crippen molar-refractivity contribution in [3.05, 3.63) is 35.1 Å². The molecule has 2 heterocycles. The lowest BCUT2D eigenvalue weighted by atomic mass is 9.85. The molecule has 0 radical (unpaired) electrons. The van der Waals surface area contributed by atoms with Crippen molar-refractivity contribution in [1.82, 2.24) is 9.80 Å². The molecule has 118 valence electrons. The summed E-state index contributed by atoms with van der Waals surface area (Å²) in [7, 11) is 1.78. The highest BCUT2D eigenvalue weighted by Crippen LogP contribution is 2.39. The van der Waals surface area contributed by atoms with Gasteiger partial charge in [0.2, 0.25) is 5.91 Å². The minimum atomic E-state index is -0.765. The van der Waals surface area contributed by atoms with E-state index in [0.29, 0.717) is 24.9 Å². The van der Waals surface area contributed by atoms with Gasteiger partial charge in [0.1, 0.15) is 11.4 Å². The van der Waals surface area contributed by atoms with E-state index in [4.69, 9.17) is 0 Å². The predicted octanol–water partition coefficient (Wildman–Crippen LogP) is 2.36. The third-order valence-corrected chi connectivity index (χ3v) is 5.00. The van der Waals surface area contributed by atoms with Gasteiger partial charge in [-0.25, -0.2) is 4.39 Å². The van der Waals surface area contributed by atoms with Crippen LogP contribution in [0.2, 0.25) is 0 Å². The molecule has 2 saturated heterocycles. The number of carbonyl (C=O) groups excluding carboxylic acids is 2. The maximum atomic E-state index is 14.1. The maximum absolute atomic E-state index is 14.1. The molecule has 2 aliphatic rings. The number of amides is 2. The van der Waals surface area contributed by atoms with Crippen molar-refractivity contribution in [2.75, 3.05) is 20.1 Å². The zero-order valence-electron chi connectivity index (χ0n) is 13.1. The highest BCUT2D eigenvalue weighted by Gasteiger charge is 2.52. The molecule has 3 rings (SSSR count). The average Bonchev–Trinajstić information content (AvgIpc) is 2.89. The molecule has 1 unspecified atom stereocenters. The Balaban J connectivity index is 2.00. The van der Waals surface area contributed by atoms with E-state index in [2.05, 4.69) is 0 Å². The summed E-state index contributed by atoms with van der Waals surface area (Å²) in [5.74, 6) is -0.862. The predicted molar refractivity (Wildman–Crippen MR) is 81.0 cm³/mol. The minimum Gasteiger partial charge on any atom is -0.344 e. The highest BCUT2D eigenvalue weighted by atomic mass is 19.1. The van der Waals surface area contributed by atoms with Crippen LogP contribution in [0, 0.1) is 12.7 Å². The molecule has 2 fully saturated rings. The average molecular weight is 304 g/mol. The quantitative estimate of drug-likeness (QED) is 0.799. The summed E-state index contributed by atoms with van der Waals surface area (Å²) in [5.41, 5.74) is -0.0489. The van der Waals surface area contributed by atoms with Crippen LogP contribution < -0.4 is 0 Å². The number of halogens is 1. The summed E-state index contributed by atoms with van der Waals surface area (Å²) in [6.45, 7) is 2.97. The van der Waals surface area contributed by atoms with Crippen molar-refractivity contribution in [2.45, 2.75) is 38.1 Å². The molecule has 0 aliphatic carbocycles. The lowest BCUT2D eigenvalue weighted by molar-refractivity contribution is -0.144. The number of piperidine rings is 1. The second kappa shape index (κ2) is 5.38. The minimum absolute atomic E-state index is 0.00130. The maximum Gasteiger partial charge on any atom is 0.257 e. The Morgan fingerprint density at radius 3 is 2.59 bits per heavy atom. The van der Waals surface area contributed by atoms with Gasteiger partial charge in [-0.05, 0) is 44.2 Å². The molecule has 0 saturated carbocycles. The second-order valence-electron chi connectivity index (χ2n) is 6.35. The third kappa shape index (κ3) is 2.11. The second-order valence-corrected chi connectivity index (χ2v) is 6.35. The smallest absolute Gasteiger partial charge is 0.257 e. The number of rotatable bonds is 1. The van der Waals surface area contributed by atoms with E-state index in [0.717, 1.165) is 19.4 Å². The lowest BCUT2D eigenvalue weighted by Gasteiger charge is -2.43. The fourth-order valence-electron chi connectivity index (χ4n) is 3.87. The van der Waals surface area contributed by atoms with E-state index in [9.17, 15) is 14.0 Å². The van der Waals surface area contributed by atoms with Crippen molar-refractivity contribution >= 4 is 11.8 Å². The summed E-state index contributed by atoms with van der Waals surface area (Å²) in [6, 6.07) is 4.63. The van der Waals surface area contributed by atoms with Crippen LogP contribution in [0.3, 0.4) is 0 Å². The summed E-state index contributed by atoms with van der Waals surface area (Å²) < 4.78 is 14.1. The molecule has 22 heavy (non-hydrogen) atoms. The molecule has 0 aromatic heterocycles. The van der Waals surface area contributed by atoms with E-state index in [1.807, 2.05) is 0 Å². The fraction of sp³-hybridized carbons (Fsp3) is 0.529. The molecule has 1 aromatic rings. The van der Waals surface area contributed by atoms with Crippen LogP contribution in [0.5, 0.6) is 0 Å². The molecule has 0 bridgehead atoms. The largest absolute Gasteiger partial charge is 0.344 e. The first-order chi connectivity index (χ1) is 10.5. The Labute approximate surface area is 129 Å². The summed E-state index contributed by atoms with van der Waals surface area (Å²) >= 11 is 0. The number of likely N-dealkylation sites (tertiary alicyclic amines) is 2. The Morgan fingerprint density at radius 1 is 1.23 bits per heavy atom. The van der Waals surface area contributed by atoms with Crippen molar-refractivity contribution < 1.29 is 14.0 Å². The van der Waals surface area contributed by atoms with Crippen LogP contribution in [0.1, 0.15) is 41.6 Å². The summed E-state index contributed by atoms with van der Waals surface area (Å²) in [4.78, 5) is 29.0. The van der Waals surface area contributed by atoms with Crippen molar-refractivity contribution in [1.29, 1.82) is 0 Å². The number of likely N-dealkylation sites (N-methyl/N-ethyl adjacent to an activating group) is 1. The van der Waals surface area contributed by atoms with Gasteiger partial charge < -0.3 is 9.80 Å². The third-order valence-electron chi connectivity index (χ3n) is 5.00. The Bertz CT molecular complexity index is 611. The molecule has 5 heteroatoms. The van der Waals surface area contributed by atoms with Gasteiger partial charge in [0.15, 0.2) is 0 Å². The van der Waals surface area contributed by atoms with E-state index < -0.39 is 11.4 Å². The van der Waals surface area contributed by atoms with Gasteiger partial charge in [-0.3, -0.25) is 9.59 Å². The van der Waals surface area contributed by atoms with Crippen molar-refractivity contribution in [3.63, 3.8) is 0 Å². The van der Waals surface area contributed by atoms with Gasteiger partial charge in [0, 0.05) is 20.1 Å². The Hall–Kier alpha value is -1.91. The van der Waals surface area contributed by atoms with Gasteiger partial charge in [0.25, 0.3) is 5.91 Å². The molecule has 2 amide bonds. The van der Waals surface area contributed by atoms with Crippen LogP contribution in [-0.4, -0.2) is 47.3 Å². The van der Waals surface area contributed by atoms with Gasteiger partial charge in [0.05, 0.1) is 5.56 Å². The number of hydrogen-bond acceptors (Lipinski definition) is 2. The van der Waals surface area contributed by atoms with E-state index in [1.54, 1.807) is 35.9 Å². The van der Waals surface area contributed by atoms with Crippen LogP contribution in [0.15, 0.2) is 18.2 Å². The standard InChI is InChI=1S/C17H21FN2O2/c1-12-6-3-7-13(18)14(12)15(21)20-11-5-9-17(20)8-4-10-19(2)16(17)22/h3,6-7H,4-5,8-11H2,1-2H3. The van der Waals surface area contributed by atoms with Gasteiger partial charge in [-0.1, -0.05) is 12.1 Å². The van der Waals surface area contributed by atoms with E-state index >= 15 is 0 Å². The fourth-order valence-corrected chi connectivity index (χ4v) is 3.87. The topological polar surface area (TPSA) is 40.6 Å². The molecular formula is C17H21FN2O2. The summed E-state index contributed by atoms with van der Waals surface area (Å²) in [5, 5.41) is 0. The number of nitrogens with zero attached hydrogens (tertiary/aromatic N) is 2. The molecular weight excluding hydrogens is 283 g/mol. The first-order valence-corrected chi connectivity index (χ1v) is 7.80. The lowest BCUT2D eigenvalue weighted by Crippen LogP contribution is -2.60. The monoisotopic (exact) mass is 304 g/mol. The molecule has 0 N–H and O–H groups in total. The first-order valence-electron chi connectivity index (χ1n) is 7.80. The molecule has 1 atom stereocenters. The molecule has 1 spiro atoms. The number of benzene rings is 1. The number of hydrogen-bond donors (Lipinski definition) is 0. The summed E-state index contributed by atoms with van der Waals surface area (Å²) in [6.07, 6.45) is 3.02. The molecule has 2 aliphatic heterocycles. The van der Waals surface area contributed by atoms with E-state index in [1.165, 1.54) is 6.07 Å². The molecule has 1 aromatic carbocycles. The van der Waals surface area contributed by atoms with Gasteiger partial charge >= 0.3 is 0 Å². The van der Waals surface area contributed by atoms with Crippen molar-refractivity contribution in [3.8, 4) is 0 Å². The zero-order chi connectivity index (χ0) is 15.9. The zero-order valence-corrected chi connectivity index (χ0v) is 13.1. The Kier molecular flexibility index (Phi) is 3.67. The normalized spacial score (nSPS) is 25.1. The van der Waals surface area contributed by atoms with Crippen LogP contribution >= 0.6 is 0 Å². The number of carbonyl (C=O) groups is 2. The number of aryl methyl sites for hydroxylation is 1.